The number of aromatic nitrogens is 3. The van der Waals surface area contributed by atoms with Crippen LogP contribution >= 0.6 is 11.8 Å². The highest BCUT2D eigenvalue weighted by atomic mass is 32.2. The van der Waals surface area contributed by atoms with Gasteiger partial charge in [0.2, 0.25) is 16.8 Å². The average molecular weight is 439 g/mol. The number of rotatable bonds is 6. The second-order valence-electron chi connectivity index (χ2n) is 6.38. The molecule has 158 valence electrons. The van der Waals surface area contributed by atoms with Crippen molar-refractivity contribution in [3.8, 4) is 28.6 Å². The van der Waals surface area contributed by atoms with Gasteiger partial charge in [0.15, 0.2) is 17.7 Å². The minimum atomic E-state index is -0.871. The van der Waals surface area contributed by atoms with Gasteiger partial charge in [0.1, 0.15) is 0 Å². The number of aromatic hydroxyl groups is 1. The summed E-state index contributed by atoms with van der Waals surface area (Å²) in [6, 6.07) is 10.1. The third-order valence-electron chi connectivity index (χ3n) is 4.46. The summed E-state index contributed by atoms with van der Waals surface area (Å²) in [5.74, 6) is 0.215. The van der Waals surface area contributed by atoms with Gasteiger partial charge in [0.05, 0.1) is 12.0 Å². The van der Waals surface area contributed by atoms with Crippen molar-refractivity contribution in [3.63, 3.8) is 0 Å². The van der Waals surface area contributed by atoms with Crippen LogP contribution in [-0.4, -0.2) is 38.1 Å². The van der Waals surface area contributed by atoms with Crippen molar-refractivity contribution >= 4 is 23.1 Å². The Morgan fingerprint density at radius 3 is 2.94 bits per heavy atom. The number of nitro groups is 1. The van der Waals surface area contributed by atoms with E-state index >= 15 is 0 Å². The molecule has 2 heterocycles. The molecule has 0 amide bonds. The number of ether oxygens (including phenoxy) is 2. The van der Waals surface area contributed by atoms with Gasteiger partial charge in [-0.15, -0.1) is 16.8 Å². The highest BCUT2D eigenvalue weighted by Crippen LogP contribution is 2.43. The SMILES string of the molecule is C=CCSc1nnc2c(n1)OC(c1cc(OC)c(O)c([N+](=O)[O-])c1)Nc1ccccc1-2. The lowest BCUT2D eigenvalue weighted by atomic mass is 10.1. The molecule has 0 saturated heterocycles. The number of nitro benzene ring substituents is 1. The molecule has 0 aliphatic carbocycles. The van der Waals surface area contributed by atoms with E-state index < -0.39 is 22.6 Å². The predicted octanol–water partition coefficient (Wildman–Crippen LogP) is 3.94. The van der Waals surface area contributed by atoms with Gasteiger partial charge in [-0.2, -0.15) is 4.98 Å². The fourth-order valence-corrected chi connectivity index (χ4v) is 3.57. The summed E-state index contributed by atoms with van der Waals surface area (Å²) in [7, 11) is 1.31. The summed E-state index contributed by atoms with van der Waals surface area (Å²) in [4.78, 5) is 15.2. The maximum atomic E-state index is 11.4. The molecule has 1 atom stereocenters. The fraction of sp³-hybridized carbons (Fsp3) is 0.150. The number of fused-ring (bicyclic) bond motifs is 3. The smallest absolute Gasteiger partial charge is 0.315 e. The molecule has 4 rings (SSSR count). The van der Waals surface area contributed by atoms with Crippen molar-refractivity contribution in [2.75, 3.05) is 18.2 Å². The minimum Gasteiger partial charge on any atom is -0.500 e. The largest absolute Gasteiger partial charge is 0.500 e. The number of benzene rings is 2. The topological polar surface area (TPSA) is 133 Å². The molecule has 0 radical (unpaired) electrons. The summed E-state index contributed by atoms with van der Waals surface area (Å²) in [6.45, 7) is 3.68. The molecule has 0 saturated carbocycles. The lowest BCUT2D eigenvalue weighted by molar-refractivity contribution is -0.386. The fourth-order valence-electron chi connectivity index (χ4n) is 3.05. The third kappa shape index (κ3) is 3.94. The standard InChI is InChI=1S/C20H17N5O5S/c1-3-8-31-20-22-19-16(23-24-20)12-6-4-5-7-13(12)21-18(30-19)11-9-14(25(27)28)17(26)15(10-11)29-2/h3-7,9-10,18,21,26H,1,8H2,2H3. The van der Waals surface area contributed by atoms with Crippen molar-refractivity contribution in [1.29, 1.82) is 0 Å². The minimum absolute atomic E-state index is 0.0459. The second-order valence-corrected chi connectivity index (χ2v) is 7.37. The lowest BCUT2D eigenvalue weighted by Gasteiger charge is -2.20. The first kappa shape index (κ1) is 20.4. The van der Waals surface area contributed by atoms with E-state index in [0.717, 1.165) is 5.56 Å². The Bertz CT molecular complexity index is 1170. The summed E-state index contributed by atoms with van der Waals surface area (Å²) in [5, 5.41) is 33.6. The van der Waals surface area contributed by atoms with Crippen LogP contribution in [0.5, 0.6) is 17.4 Å². The van der Waals surface area contributed by atoms with Crippen molar-refractivity contribution in [2.24, 2.45) is 0 Å². The molecule has 10 nitrogen and oxygen atoms in total. The van der Waals surface area contributed by atoms with Crippen molar-refractivity contribution in [1.82, 2.24) is 15.2 Å². The van der Waals surface area contributed by atoms with Gasteiger partial charge >= 0.3 is 5.69 Å². The van der Waals surface area contributed by atoms with Gasteiger partial charge < -0.3 is 19.9 Å². The second kappa shape index (κ2) is 8.48. The number of hydrogen-bond donors (Lipinski definition) is 2. The number of hydrogen-bond acceptors (Lipinski definition) is 10. The summed E-state index contributed by atoms with van der Waals surface area (Å²) in [5.41, 5.74) is 1.71. The van der Waals surface area contributed by atoms with Crippen molar-refractivity contribution in [2.45, 2.75) is 11.4 Å². The Morgan fingerprint density at radius 2 is 2.19 bits per heavy atom. The zero-order valence-electron chi connectivity index (χ0n) is 16.3. The molecule has 0 spiro atoms. The number of nitrogens with one attached hydrogen (secondary N) is 1. The maximum Gasteiger partial charge on any atom is 0.315 e. The van der Waals surface area contributed by atoms with E-state index in [1.807, 2.05) is 24.3 Å². The van der Waals surface area contributed by atoms with Crippen molar-refractivity contribution in [3.05, 3.63) is 64.7 Å². The van der Waals surface area contributed by atoms with Crippen LogP contribution in [0, 0.1) is 10.1 Å². The van der Waals surface area contributed by atoms with Gasteiger partial charge in [-0.25, -0.2) is 0 Å². The van der Waals surface area contributed by atoms with E-state index in [0.29, 0.717) is 27.9 Å². The molecule has 1 aromatic heterocycles. The zero-order chi connectivity index (χ0) is 22.0. The Hall–Kier alpha value is -3.86. The summed E-state index contributed by atoms with van der Waals surface area (Å²) in [6.07, 6.45) is 0.853. The van der Waals surface area contributed by atoms with E-state index in [9.17, 15) is 15.2 Å². The third-order valence-corrected chi connectivity index (χ3v) is 5.29. The molecule has 1 aliphatic rings. The number of para-hydroxylation sites is 1. The Kier molecular flexibility index (Phi) is 5.58. The van der Waals surface area contributed by atoms with Crippen LogP contribution in [-0.2, 0) is 0 Å². The van der Waals surface area contributed by atoms with Crippen LogP contribution in [0.25, 0.3) is 11.3 Å². The molecular weight excluding hydrogens is 422 g/mol. The first-order valence-electron chi connectivity index (χ1n) is 9.08. The number of phenolic OH excluding ortho intramolecular Hbond substituents is 1. The van der Waals surface area contributed by atoms with Gasteiger partial charge in [-0.05, 0) is 12.1 Å². The zero-order valence-corrected chi connectivity index (χ0v) is 17.1. The normalized spacial score (nSPS) is 14.3. The maximum absolute atomic E-state index is 11.4. The molecule has 1 unspecified atom stereocenters. The number of nitrogens with zero attached hydrogens (tertiary/aromatic N) is 4. The number of thioether (sulfide) groups is 1. The van der Waals surface area contributed by atoms with Crippen LogP contribution in [0.15, 0.2) is 54.2 Å². The first-order valence-corrected chi connectivity index (χ1v) is 10.1. The molecule has 1 aliphatic heterocycles. The van der Waals surface area contributed by atoms with Crippen LogP contribution < -0.4 is 14.8 Å². The Morgan fingerprint density at radius 1 is 1.39 bits per heavy atom. The lowest BCUT2D eigenvalue weighted by Crippen LogP contribution is -2.17. The summed E-state index contributed by atoms with van der Waals surface area (Å²) < 4.78 is 11.2. The average Bonchev–Trinajstić information content (AvgIpc) is 2.94. The van der Waals surface area contributed by atoms with E-state index in [1.165, 1.54) is 31.0 Å². The van der Waals surface area contributed by atoms with Crippen LogP contribution in [0.4, 0.5) is 11.4 Å². The van der Waals surface area contributed by atoms with Gasteiger partial charge in [0.25, 0.3) is 0 Å². The van der Waals surface area contributed by atoms with Crippen LogP contribution in [0.3, 0.4) is 0 Å². The Balaban J connectivity index is 1.84. The monoisotopic (exact) mass is 439 g/mol. The highest BCUT2D eigenvalue weighted by molar-refractivity contribution is 7.99. The predicted molar refractivity (Wildman–Crippen MR) is 114 cm³/mol. The molecule has 31 heavy (non-hydrogen) atoms. The number of methoxy groups -OCH3 is 1. The van der Waals surface area contributed by atoms with E-state index in [1.54, 1.807) is 6.08 Å². The number of anilines is 1. The highest BCUT2D eigenvalue weighted by Gasteiger charge is 2.29. The molecule has 3 aromatic rings. The molecule has 0 bridgehead atoms. The summed E-state index contributed by atoms with van der Waals surface area (Å²) >= 11 is 1.35. The van der Waals surface area contributed by atoms with E-state index in [-0.39, 0.29) is 11.6 Å². The molecule has 2 N–H and O–H groups in total. The van der Waals surface area contributed by atoms with Crippen LogP contribution in [0.2, 0.25) is 0 Å². The Labute approximate surface area is 181 Å². The van der Waals surface area contributed by atoms with E-state index in [4.69, 9.17) is 9.47 Å². The van der Waals surface area contributed by atoms with Gasteiger partial charge in [0, 0.05) is 28.6 Å². The molecule has 11 heteroatoms. The van der Waals surface area contributed by atoms with Crippen molar-refractivity contribution < 1.29 is 19.5 Å². The van der Waals surface area contributed by atoms with Crippen LogP contribution in [0.1, 0.15) is 11.8 Å². The molecule has 0 fully saturated rings. The molecular formula is C20H17N5O5S. The number of phenols is 1. The van der Waals surface area contributed by atoms with Gasteiger partial charge in [-0.1, -0.05) is 36.0 Å². The van der Waals surface area contributed by atoms with Gasteiger partial charge in [-0.3, -0.25) is 10.1 Å². The van der Waals surface area contributed by atoms with E-state index in [2.05, 4.69) is 27.1 Å². The quantitative estimate of drug-likeness (QED) is 0.252. The first-order chi connectivity index (χ1) is 15.0. The molecule has 2 aromatic carbocycles.